The Kier molecular flexibility index (Phi) is 4.35. The molecule has 2 unspecified atom stereocenters. The van der Waals surface area contributed by atoms with Crippen LogP contribution in [0, 0.1) is 0 Å². The number of hydrogen-bond acceptors (Lipinski definition) is 6. The van der Waals surface area contributed by atoms with Gasteiger partial charge in [-0.2, -0.15) is 4.31 Å². The van der Waals surface area contributed by atoms with Crippen LogP contribution in [0.5, 0.6) is 0 Å². The van der Waals surface area contributed by atoms with Crippen LogP contribution in [0.3, 0.4) is 0 Å². The summed E-state index contributed by atoms with van der Waals surface area (Å²) in [4.78, 5) is 23.9. The van der Waals surface area contributed by atoms with Crippen molar-refractivity contribution in [2.75, 3.05) is 13.7 Å². The van der Waals surface area contributed by atoms with E-state index in [0.29, 0.717) is 12.0 Å². The Morgan fingerprint density at radius 3 is 2.76 bits per heavy atom. The molecule has 2 atom stereocenters. The van der Waals surface area contributed by atoms with Gasteiger partial charge in [-0.1, -0.05) is 0 Å². The number of rotatable bonds is 4. The Balaban J connectivity index is 2.44. The molecule has 1 aliphatic heterocycles. The lowest BCUT2D eigenvalue weighted by Crippen LogP contribution is -2.48. The average Bonchev–Trinajstić information content (AvgIpc) is 2.92. The molecule has 7 nitrogen and oxygen atoms in total. The lowest BCUT2D eigenvalue weighted by molar-refractivity contribution is -0.143. The van der Waals surface area contributed by atoms with Gasteiger partial charge in [0.1, 0.15) is 6.04 Å². The first kappa shape index (κ1) is 15.9. The molecule has 21 heavy (non-hydrogen) atoms. The highest BCUT2D eigenvalue weighted by Gasteiger charge is 2.44. The second-order valence-corrected chi connectivity index (χ2v) is 7.82. The van der Waals surface area contributed by atoms with Gasteiger partial charge in [0, 0.05) is 11.4 Å². The van der Waals surface area contributed by atoms with Gasteiger partial charge in [-0.3, -0.25) is 9.59 Å². The summed E-state index contributed by atoms with van der Waals surface area (Å²) in [5.74, 6) is -2.16. The van der Waals surface area contributed by atoms with Crippen LogP contribution in [-0.2, 0) is 30.8 Å². The van der Waals surface area contributed by atoms with Gasteiger partial charge in [0.2, 0.25) is 10.0 Å². The Morgan fingerprint density at radius 1 is 1.52 bits per heavy atom. The molecule has 1 aromatic rings. The van der Waals surface area contributed by atoms with E-state index < -0.39 is 33.3 Å². The summed E-state index contributed by atoms with van der Waals surface area (Å²) in [5, 5.41) is 9.69. The lowest BCUT2D eigenvalue weighted by atomic mass is 10.0. The van der Waals surface area contributed by atoms with Crippen LogP contribution < -0.4 is 0 Å². The fourth-order valence-electron chi connectivity index (χ4n) is 2.31. The van der Waals surface area contributed by atoms with Crippen LogP contribution >= 0.6 is 11.3 Å². The normalized spacial score (nSPS) is 20.6. The Morgan fingerprint density at radius 2 is 2.19 bits per heavy atom. The number of thiophene rings is 1. The zero-order valence-electron chi connectivity index (χ0n) is 11.5. The summed E-state index contributed by atoms with van der Waals surface area (Å²) in [6.45, 7) is 1.23. The van der Waals surface area contributed by atoms with Gasteiger partial charge in [0.25, 0.3) is 0 Å². The van der Waals surface area contributed by atoms with E-state index in [9.17, 15) is 23.1 Å². The van der Waals surface area contributed by atoms with Crippen molar-refractivity contribution in [2.24, 2.45) is 0 Å². The molecule has 0 bridgehead atoms. The van der Waals surface area contributed by atoms with Crippen molar-refractivity contribution in [3.05, 3.63) is 21.9 Å². The molecular weight excluding hydrogens is 318 g/mol. The van der Waals surface area contributed by atoms with Crippen LogP contribution in [0.2, 0.25) is 0 Å². The topological polar surface area (TPSA) is 101 Å². The molecule has 1 aliphatic rings. The predicted octanol–water partition coefficient (Wildman–Crippen LogP) is 0.623. The minimum absolute atomic E-state index is 0.0359. The van der Waals surface area contributed by atoms with E-state index in [1.165, 1.54) is 18.3 Å². The number of sulfonamides is 1. The number of hydrogen-bond donors (Lipinski definition) is 1. The number of esters is 1. The minimum atomic E-state index is -4.11. The summed E-state index contributed by atoms with van der Waals surface area (Å²) in [7, 11) is -3.01. The van der Waals surface area contributed by atoms with E-state index in [-0.39, 0.29) is 6.54 Å². The van der Waals surface area contributed by atoms with Crippen molar-refractivity contribution < 1.29 is 27.9 Å². The van der Waals surface area contributed by atoms with Crippen molar-refractivity contribution in [3.63, 3.8) is 0 Å². The molecule has 0 radical (unpaired) electrons. The standard InChI is InChI=1S/C12H15NO6S2/c1-7(12(16)19-2)21(17,18)13-5-3-9-8(4-6-20-9)10(13)11(14)15/h4,6-7,10H,3,5H2,1-2H3,(H,14,15). The van der Waals surface area contributed by atoms with E-state index in [2.05, 4.69) is 4.74 Å². The maximum absolute atomic E-state index is 12.5. The number of carbonyl (C=O) groups is 2. The maximum Gasteiger partial charge on any atom is 0.326 e. The molecule has 0 aromatic carbocycles. The maximum atomic E-state index is 12.5. The van der Waals surface area contributed by atoms with Crippen molar-refractivity contribution in [3.8, 4) is 0 Å². The number of methoxy groups -OCH3 is 1. The van der Waals surface area contributed by atoms with Crippen molar-refractivity contribution >= 4 is 33.3 Å². The third kappa shape index (κ3) is 2.68. The van der Waals surface area contributed by atoms with Crippen LogP contribution in [0.25, 0.3) is 0 Å². The summed E-state index contributed by atoms with van der Waals surface area (Å²) in [6, 6.07) is 0.320. The zero-order chi connectivity index (χ0) is 15.8. The highest BCUT2D eigenvalue weighted by molar-refractivity contribution is 7.90. The molecule has 2 heterocycles. The number of fused-ring (bicyclic) bond motifs is 1. The second-order valence-electron chi connectivity index (χ2n) is 4.61. The molecule has 0 fully saturated rings. The van der Waals surface area contributed by atoms with Gasteiger partial charge in [0.15, 0.2) is 5.25 Å². The Bertz CT molecular complexity index is 665. The SMILES string of the molecule is COC(=O)C(C)S(=O)(=O)N1CCc2sccc2C1C(=O)O. The Hall–Kier alpha value is -1.45. The molecule has 1 N–H and O–H groups in total. The number of nitrogens with zero attached hydrogens (tertiary/aromatic N) is 1. The summed E-state index contributed by atoms with van der Waals surface area (Å²) in [6.07, 6.45) is 0.434. The van der Waals surface area contributed by atoms with Gasteiger partial charge >= 0.3 is 11.9 Å². The molecule has 9 heteroatoms. The molecule has 2 rings (SSSR count). The largest absolute Gasteiger partial charge is 0.480 e. The fraction of sp³-hybridized carbons (Fsp3) is 0.500. The third-order valence-electron chi connectivity index (χ3n) is 3.46. The second kappa shape index (κ2) is 5.74. The van der Waals surface area contributed by atoms with Crippen LogP contribution in [0.4, 0.5) is 0 Å². The van der Waals surface area contributed by atoms with Gasteiger partial charge in [0.05, 0.1) is 7.11 Å². The molecule has 0 saturated heterocycles. The van der Waals surface area contributed by atoms with Crippen molar-refractivity contribution in [1.82, 2.24) is 4.31 Å². The van der Waals surface area contributed by atoms with E-state index in [1.54, 1.807) is 11.4 Å². The molecule has 0 aliphatic carbocycles. The first-order valence-corrected chi connectivity index (χ1v) is 8.56. The van der Waals surface area contributed by atoms with E-state index in [1.807, 2.05) is 0 Å². The number of carbonyl (C=O) groups excluding carboxylic acids is 1. The van der Waals surface area contributed by atoms with Crippen LogP contribution in [0.15, 0.2) is 11.4 Å². The molecular formula is C12H15NO6S2. The molecule has 1 aromatic heterocycles. The lowest BCUT2D eigenvalue weighted by Gasteiger charge is -2.33. The van der Waals surface area contributed by atoms with Crippen molar-refractivity contribution in [2.45, 2.75) is 24.6 Å². The highest BCUT2D eigenvalue weighted by atomic mass is 32.2. The van der Waals surface area contributed by atoms with Gasteiger partial charge in [-0.25, -0.2) is 8.42 Å². The van der Waals surface area contributed by atoms with Gasteiger partial charge in [-0.15, -0.1) is 11.3 Å². The summed E-state index contributed by atoms with van der Waals surface area (Å²) >= 11 is 1.40. The van der Waals surface area contributed by atoms with Crippen molar-refractivity contribution in [1.29, 1.82) is 0 Å². The van der Waals surface area contributed by atoms with Crippen LogP contribution in [-0.4, -0.2) is 48.7 Å². The number of carboxylic acid groups (broad SMARTS) is 1. The van der Waals surface area contributed by atoms with E-state index in [0.717, 1.165) is 16.3 Å². The molecule has 116 valence electrons. The summed E-state index contributed by atoms with van der Waals surface area (Å²) < 4.78 is 30.3. The molecule has 0 spiro atoms. The van der Waals surface area contributed by atoms with Gasteiger partial charge in [-0.05, 0) is 30.4 Å². The molecule has 0 amide bonds. The van der Waals surface area contributed by atoms with E-state index >= 15 is 0 Å². The first-order valence-electron chi connectivity index (χ1n) is 6.18. The monoisotopic (exact) mass is 333 g/mol. The fourth-order valence-corrected chi connectivity index (χ4v) is 4.81. The minimum Gasteiger partial charge on any atom is -0.480 e. The highest BCUT2D eigenvalue weighted by Crippen LogP contribution is 2.36. The number of carboxylic acids is 1. The third-order valence-corrected chi connectivity index (χ3v) is 6.59. The van der Waals surface area contributed by atoms with Gasteiger partial charge < -0.3 is 9.84 Å². The van der Waals surface area contributed by atoms with Crippen LogP contribution in [0.1, 0.15) is 23.4 Å². The predicted molar refractivity (Wildman–Crippen MR) is 75.5 cm³/mol. The average molecular weight is 333 g/mol. The van der Waals surface area contributed by atoms with E-state index in [4.69, 9.17) is 0 Å². The number of aliphatic carboxylic acids is 1. The smallest absolute Gasteiger partial charge is 0.326 e. The Labute approximate surface area is 126 Å². The zero-order valence-corrected chi connectivity index (χ0v) is 13.1. The number of ether oxygens (including phenoxy) is 1. The first-order chi connectivity index (χ1) is 9.80. The molecule has 0 saturated carbocycles. The quantitative estimate of drug-likeness (QED) is 0.811. The summed E-state index contributed by atoms with van der Waals surface area (Å²) in [5.41, 5.74) is 0.472.